The van der Waals surface area contributed by atoms with E-state index < -0.39 is 0 Å². The number of para-hydroxylation sites is 1. The van der Waals surface area contributed by atoms with Gasteiger partial charge in [-0.1, -0.05) is 24.3 Å². The first-order chi connectivity index (χ1) is 15.6. The van der Waals surface area contributed by atoms with Crippen LogP contribution >= 0.6 is 11.3 Å². The summed E-state index contributed by atoms with van der Waals surface area (Å²) in [6.45, 7) is 2.31. The van der Waals surface area contributed by atoms with E-state index >= 15 is 0 Å². The van der Waals surface area contributed by atoms with Gasteiger partial charge in [0.2, 0.25) is 0 Å². The zero-order valence-corrected chi connectivity index (χ0v) is 18.4. The molecule has 2 aromatic heterocycles. The Morgan fingerprint density at radius 2 is 1.94 bits per heavy atom. The summed E-state index contributed by atoms with van der Waals surface area (Å²) in [4.78, 5) is 17.3. The maximum atomic E-state index is 13.0. The van der Waals surface area contributed by atoms with Crippen LogP contribution in [0.2, 0.25) is 0 Å². The van der Waals surface area contributed by atoms with Gasteiger partial charge in [-0.05, 0) is 37.3 Å². The van der Waals surface area contributed by atoms with Crippen molar-refractivity contribution in [3.8, 4) is 11.5 Å². The fraction of sp³-hybridized carbons (Fsp3) is 0.120. The van der Waals surface area contributed by atoms with Gasteiger partial charge in [0.15, 0.2) is 0 Å². The highest BCUT2D eigenvalue weighted by Crippen LogP contribution is 2.36. The van der Waals surface area contributed by atoms with E-state index in [1.165, 1.54) is 0 Å². The number of aromatic nitrogens is 1. The van der Waals surface area contributed by atoms with Crippen LogP contribution in [0.15, 0.2) is 70.5 Å². The van der Waals surface area contributed by atoms with Crippen LogP contribution in [-0.4, -0.2) is 18.0 Å². The molecule has 0 bridgehead atoms. The zero-order chi connectivity index (χ0) is 22.1. The molecule has 0 fully saturated rings. The quantitative estimate of drug-likeness (QED) is 0.338. The summed E-state index contributed by atoms with van der Waals surface area (Å²) in [5, 5.41) is 7.82. The van der Waals surface area contributed by atoms with Crippen LogP contribution in [0, 0.1) is 6.92 Å². The molecule has 6 nitrogen and oxygen atoms in total. The van der Waals surface area contributed by atoms with E-state index in [1.54, 1.807) is 42.7 Å². The van der Waals surface area contributed by atoms with Crippen molar-refractivity contribution in [2.24, 2.45) is 0 Å². The minimum Gasteiger partial charge on any atom is -0.495 e. The molecule has 0 spiro atoms. The first kappa shape index (κ1) is 20.1. The molecule has 3 aromatic carbocycles. The zero-order valence-electron chi connectivity index (χ0n) is 17.5. The summed E-state index contributed by atoms with van der Waals surface area (Å²) in [6.07, 6.45) is 0. The van der Waals surface area contributed by atoms with Gasteiger partial charge in [0.1, 0.15) is 29.3 Å². The average Bonchev–Trinajstić information content (AvgIpc) is 3.39. The minimum atomic E-state index is -0.270. The van der Waals surface area contributed by atoms with Crippen molar-refractivity contribution < 1.29 is 18.7 Å². The predicted octanol–water partition coefficient (Wildman–Crippen LogP) is 6.19. The summed E-state index contributed by atoms with van der Waals surface area (Å²) in [7, 11) is 1.58. The van der Waals surface area contributed by atoms with Gasteiger partial charge in [0.25, 0.3) is 5.91 Å². The molecular weight excluding hydrogens is 424 g/mol. The van der Waals surface area contributed by atoms with E-state index in [-0.39, 0.29) is 5.91 Å². The molecule has 0 radical (unpaired) electrons. The lowest BCUT2D eigenvalue weighted by molar-refractivity contribution is 0.102. The van der Waals surface area contributed by atoms with Gasteiger partial charge in [-0.3, -0.25) is 4.79 Å². The minimum absolute atomic E-state index is 0.270. The molecule has 0 atom stereocenters. The van der Waals surface area contributed by atoms with E-state index in [0.717, 1.165) is 27.1 Å². The van der Waals surface area contributed by atoms with E-state index in [0.29, 0.717) is 34.9 Å². The highest BCUT2D eigenvalue weighted by atomic mass is 32.1. The van der Waals surface area contributed by atoms with Crippen molar-refractivity contribution in [1.82, 2.24) is 4.98 Å². The molecule has 0 saturated heterocycles. The third-order valence-corrected chi connectivity index (χ3v) is 5.92. The smallest absolute Gasteiger partial charge is 0.255 e. The first-order valence-corrected chi connectivity index (χ1v) is 10.9. The summed E-state index contributed by atoms with van der Waals surface area (Å²) < 4.78 is 17.3. The third-order valence-electron chi connectivity index (χ3n) is 5.10. The van der Waals surface area contributed by atoms with Gasteiger partial charge in [-0.15, -0.1) is 11.3 Å². The Labute approximate surface area is 188 Å². The predicted molar refractivity (Wildman–Crippen MR) is 126 cm³/mol. The number of carbonyl (C=O) groups excluding carboxylic acids is 1. The topological polar surface area (TPSA) is 73.6 Å². The molecule has 0 unspecified atom stereocenters. The van der Waals surface area contributed by atoms with Crippen LogP contribution in [-0.2, 0) is 6.61 Å². The van der Waals surface area contributed by atoms with Gasteiger partial charge < -0.3 is 19.2 Å². The monoisotopic (exact) mass is 444 g/mol. The number of rotatable bonds is 6. The number of hydrogen-bond donors (Lipinski definition) is 1. The summed E-state index contributed by atoms with van der Waals surface area (Å²) in [5.74, 6) is 0.889. The van der Waals surface area contributed by atoms with Crippen LogP contribution < -0.4 is 14.8 Å². The number of fused-ring (bicyclic) bond motifs is 3. The molecule has 1 amide bonds. The fourth-order valence-electron chi connectivity index (χ4n) is 3.57. The highest BCUT2D eigenvalue weighted by Gasteiger charge is 2.15. The molecule has 5 rings (SSSR count). The van der Waals surface area contributed by atoms with Gasteiger partial charge in [0, 0.05) is 27.8 Å². The van der Waals surface area contributed by atoms with E-state index in [2.05, 4.69) is 10.3 Å². The number of anilines is 1. The number of benzene rings is 3. The maximum absolute atomic E-state index is 13.0. The van der Waals surface area contributed by atoms with Crippen molar-refractivity contribution in [3.63, 3.8) is 0 Å². The Bertz CT molecular complexity index is 1440. The van der Waals surface area contributed by atoms with Crippen molar-refractivity contribution in [2.45, 2.75) is 13.5 Å². The molecule has 0 aliphatic heterocycles. The molecular formula is C25H20N2O4S. The van der Waals surface area contributed by atoms with Crippen molar-refractivity contribution in [3.05, 3.63) is 82.3 Å². The number of nitrogens with one attached hydrogen (secondary N) is 1. The third kappa shape index (κ3) is 3.90. The number of aryl methyl sites for hydroxylation is 1. The Kier molecular flexibility index (Phi) is 5.25. The molecule has 2 heterocycles. The van der Waals surface area contributed by atoms with Crippen molar-refractivity contribution >= 4 is 44.9 Å². The normalized spacial score (nSPS) is 11.1. The number of carbonyl (C=O) groups is 1. The summed E-state index contributed by atoms with van der Waals surface area (Å²) >= 11 is 1.58. The van der Waals surface area contributed by atoms with Gasteiger partial charge >= 0.3 is 0 Å². The molecule has 32 heavy (non-hydrogen) atoms. The van der Waals surface area contributed by atoms with E-state index in [1.807, 2.05) is 48.7 Å². The highest BCUT2D eigenvalue weighted by molar-refractivity contribution is 7.09. The van der Waals surface area contributed by atoms with Crippen LogP contribution in [0.25, 0.3) is 21.9 Å². The number of methoxy groups -OCH3 is 1. The van der Waals surface area contributed by atoms with Crippen LogP contribution in [0.1, 0.15) is 21.1 Å². The molecule has 0 aliphatic carbocycles. The Hall–Kier alpha value is -3.84. The summed E-state index contributed by atoms with van der Waals surface area (Å²) in [5.41, 5.74) is 3.34. The largest absolute Gasteiger partial charge is 0.495 e. The number of amides is 1. The standard InChI is InChI=1S/C25H20N2O4S/c1-15-26-17(14-32-15)13-30-18-7-5-6-16(10-18)25(28)27-21-12-23-20(11-24(21)29-2)19-8-3-4-9-22(19)31-23/h3-12,14H,13H2,1-2H3,(H,27,28). The number of nitrogens with zero attached hydrogens (tertiary/aromatic N) is 1. The lowest BCUT2D eigenvalue weighted by Crippen LogP contribution is -2.12. The van der Waals surface area contributed by atoms with Gasteiger partial charge in [-0.25, -0.2) is 4.98 Å². The van der Waals surface area contributed by atoms with Crippen LogP contribution in [0.4, 0.5) is 5.69 Å². The van der Waals surface area contributed by atoms with Crippen molar-refractivity contribution in [2.75, 3.05) is 12.4 Å². The number of ether oxygens (including phenoxy) is 2. The molecule has 1 N–H and O–H groups in total. The number of furan rings is 1. The summed E-state index contributed by atoms with van der Waals surface area (Å²) in [6, 6.07) is 18.5. The number of hydrogen-bond acceptors (Lipinski definition) is 6. The lowest BCUT2D eigenvalue weighted by atomic mass is 10.1. The fourth-order valence-corrected chi connectivity index (χ4v) is 4.17. The molecule has 160 valence electrons. The van der Waals surface area contributed by atoms with Crippen LogP contribution in [0.5, 0.6) is 11.5 Å². The molecule has 7 heteroatoms. The maximum Gasteiger partial charge on any atom is 0.255 e. The molecule has 0 saturated carbocycles. The first-order valence-electron chi connectivity index (χ1n) is 10.1. The molecule has 0 aliphatic rings. The van der Waals surface area contributed by atoms with Crippen molar-refractivity contribution in [1.29, 1.82) is 0 Å². The van der Waals surface area contributed by atoms with E-state index in [4.69, 9.17) is 13.9 Å². The second-order valence-corrected chi connectivity index (χ2v) is 8.34. The Morgan fingerprint density at radius 1 is 1.06 bits per heavy atom. The SMILES string of the molecule is COc1cc2c(cc1NC(=O)c1cccc(OCc3csc(C)n3)c1)oc1ccccc12. The lowest BCUT2D eigenvalue weighted by Gasteiger charge is -2.11. The number of thiazole rings is 1. The van der Waals surface area contributed by atoms with Gasteiger partial charge in [0.05, 0.1) is 23.5 Å². The van der Waals surface area contributed by atoms with Gasteiger partial charge in [-0.2, -0.15) is 0 Å². The van der Waals surface area contributed by atoms with E-state index in [9.17, 15) is 4.79 Å². The second-order valence-electron chi connectivity index (χ2n) is 7.28. The van der Waals surface area contributed by atoms with Crippen LogP contribution in [0.3, 0.4) is 0 Å². The molecule has 5 aromatic rings. The average molecular weight is 445 g/mol. The Morgan fingerprint density at radius 3 is 2.75 bits per heavy atom. The Balaban J connectivity index is 1.38. The second kappa shape index (κ2) is 8.36.